The second kappa shape index (κ2) is 12.6. The molecule has 9 nitrogen and oxygen atoms in total. The highest BCUT2D eigenvalue weighted by atomic mass is 19.1. The lowest BCUT2D eigenvalue weighted by molar-refractivity contribution is -0.128. The van der Waals surface area contributed by atoms with Gasteiger partial charge in [0.15, 0.2) is 0 Å². The molecule has 3 atom stereocenters. The van der Waals surface area contributed by atoms with E-state index in [0.29, 0.717) is 45.7 Å². The minimum atomic E-state index is -1.12. The Morgan fingerprint density at radius 2 is 2.00 bits per heavy atom. The van der Waals surface area contributed by atoms with Crippen LogP contribution in [0.4, 0.5) is 15.8 Å². The zero-order valence-electron chi connectivity index (χ0n) is 25.1. The fourth-order valence-corrected chi connectivity index (χ4v) is 6.86. The quantitative estimate of drug-likeness (QED) is 0.420. The van der Waals surface area contributed by atoms with Gasteiger partial charge in [0.2, 0.25) is 5.91 Å². The molecule has 0 bridgehead atoms. The highest BCUT2D eigenvalue weighted by Crippen LogP contribution is 2.36. The van der Waals surface area contributed by atoms with E-state index >= 15 is 0 Å². The number of amides is 2. The van der Waals surface area contributed by atoms with Gasteiger partial charge in [-0.3, -0.25) is 9.59 Å². The van der Waals surface area contributed by atoms with Gasteiger partial charge >= 0.3 is 0 Å². The van der Waals surface area contributed by atoms with Crippen molar-refractivity contribution in [3.63, 3.8) is 0 Å². The molecule has 3 aromatic rings. The molecule has 3 aliphatic rings. The number of carbonyl (C=O) groups is 2. The van der Waals surface area contributed by atoms with Gasteiger partial charge < -0.3 is 25.3 Å². The molecular formula is C34H38FN7O2. The van der Waals surface area contributed by atoms with E-state index in [-0.39, 0.29) is 24.1 Å². The molecule has 1 aromatic heterocycles. The van der Waals surface area contributed by atoms with Crippen molar-refractivity contribution in [1.29, 1.82) is 5.26 Å². The fraction of sp³-hybridized carbons (Fsp3) is 0.412. The van der Waals surface area contributed by atoms with E-state index in [9.17, 15) is 19.2 Å². The van der Waals surface area contributed by atoms with Gasteiger partial charge in [-0.2, -0.15) is 5.26 Å². The number of alkyl halides is 1. The van der Waals surface area contributed by atoms with Crippen LogP contribution in [0.5, 0.6) is 0 Å². The van der Waals surface area contributed by atoms with Crippen molar-refractivity contribution in [2.24, 2.45) is 0 Å². The van der Waals surface area contributed by atoms with E-state index in [0.717, 1.165) is 35.6 Å². The number of hydrogen-bond donors (Lipinski definition) is 2. The van der Waals surface area contributed by atoms with Crippen LogP contribution in [0.25, 0.3) is 10.8 Å². The van der Waals surface area contributed by atoms with E-state index < -0.39 is 18.1 Å². The molecule has 0 spiro atoms. The second-order valence-electron chi connectivity index (χ2n) is 11.9. The standard InChI is InChI=1S/C34H38FN7O2/c1-3-32(43)42-17-16-41(20-24(42)10-13-36)31-18-27(34(44)39-28-19-37-14-11-26(28)35)38-29-21-40(15-12-25(29)31)30-9-5-8-23-7-4-6-22(2)33(23)30/h3-9,18,24,26,28,37H,1,10-12,14-17,19-21H2,2H3,(H,39,44)/t24-,26+,28-/m0/s1. The number of halogens is 1. The number of nitrogens with zero attached hydrogens (tertiary/aromatic N) is 5. The largest absolute Gasteiger partial charge is 0.367 e. The summed E-state index contributed by atoms with van der Waals surface area (Å²) in [5, 5.41) is 17.9. The summed E-state index contributed by atoms with van der Waals surface area (Å²) >= 11 is 0. The number of pyridine rings is 1. The lowest BCUT2D eigenvalue weighted by atomic mass is 9.97. The minimum Gasteiger partial charge on any atom is -0.367 e. The summed E-state index contributed by atoms with van der Waals surface area (Å²) in [6, 6.07) is 15.7. The van der Waals surface area contributed by atoms with Crippen LogP contribution in [0.1, 0.15) is 40.2 Å². The Balaban J connectivity index is 1.37. The summed E-state index contributed by atoms with van der Waals surface area (Å²) in [5.74, 6) is -0.595. The van der Waals surface area contributed by atoms with Gasteiger partial charge in [0, 0.05) is 55.0 Å². The molecule has 0 radical (unpaired) electrons. The van der Waals surface area contributed by atoms with Gasteiger partial charge in [-0.05, 0) is 55.5 Å². The number of nitriles is 1. The summed E-state index contributed by atoms with van der Waals surface area (Å²) < 4.78 is 14.7. The summed E-state index contributed by atoms with van der Waals surface area (Å²) in [6.45, 7) is 9.43. The van der Waals surface area contributed by atoms with Crippen LogP contribution in [0.3, 0.4) is 0 Å². The molecule has 0 aliphatic carbocycles. The highest BCUT2D eigenvalue weighted by Gasteiger charge is 2.34. The minimum absolute atomic E-state index is 0.190. The first kappa shape index (κ1) is 29.6. The molecule has 0 unspecified atom stereocenters. The number of hydrogen-bond acceptors (Lipinski definition) is 7. The highest BCUT2D eigenvalue weighted by molar-refractivity contribution is 5.97. The molecule has 0 saturated carbocycles. The average molecular weight is 596 g/mol. The third kappa shape index (κ3) is 5.72. The Morgan fingerprint density at radius 1 is 1.18 bits per heavy atom. The van der Waals surface area contributed by atoms with Gasteiger partial charge in [0.1, 0.15) is 11.9 Å². The Kier molecular flexibility index (Phi) is 8.49. The molecule has 4 heterocycles. The van der Waals surface area contributed by atoms with E-state index in [4.69, 9.17) is 4.98 Å². The molecule has 2 saturated heterocycles. The normalized spacial score (nSPS) is 21.8. The molecule has 10 heteroatoms. The van der Waals surface area contributed by atoms with Crippen LogP contribution in [-0.4, -0.2) is 79.2 Å². The predicted molar refractivity (Wildman–Crippen MR) is 169 cm³/mol. The Bertz CT molecular complexity index is 1630. The molecule has 2 amide bonds. The van der Waals surface area contributed by atoms with Gasteiger partial charge in [0.05, 0.1) is 36.8 Å². The number of benzene rings is 2. The van der Waals surface area contributed by atoms with E-state index in [1.54, 1.807) is 4.90 Å². The van der Waals surface area contributed by atoms with Crippen LogP contribution in [0.15, 0.2) is 55.1 Å². The fourth-order valence-electron chi connectivity index (χ4n) is 6.86. The zero-order chi connectivity index (χ0) is 30.8. The number of fused-ring (bicyclic) bond motifs is 2. The molecule has 228 valence electrons. The molecular weight excluding hydrogens is 557 g/mol. The van der Waals surface area contributed by atoms with Crippen LogP contribution >= 0.6 is 0 Å². The van der Waals surface area contributed by atoms with Crippen LogP contribution in [0, 0.1) is 18.3 Å². The van der Waals surface area contributed by atoms with Crippen molar-refractivity contribution >= 4 is 34.0 Å². The molecule has 44 heavy (non-hydrogen) atoms. The monoisotopic (exact) mass is 595 g/mol. The summed E-state index contributed by atoms with van der Waals surface area (Å²) in [7, 11) is 0. The summed E-state index contributed by atoms with van der Waals surface area (Å²) in [6.07, 6.45) is 1.43. The van der Waals surface area contributed by atoms with Crippen molar-refractivity contribution in [1.82, 2.24) is 20.5 Å². The van der Waals surface area contributed by atoms with Crippen LogP contribution in [0.2, 0.25) is 0 Å². The first-order valence-electron chi connectivity index (χ1n) is 15.3. The maximum absolute atomic E-state index is 14.7. The number of piperazine rings is 1. The number of nitrogens with one attached hydrogen (secondary N) is 2. The van der Waals surface area contributed by atoms with Crippen LogP contribution in [-0.2, 0) is 17.8 Å². The Labute approximate surface area is 257 Å². The molecule has 3 aliphatic heterocycles. The Morgan fingerprint density at radius 3 is 2.77 bits per heavy atom. The van der Waals surface area contributed by atoms with Crippen molar-refractivity contribution < 1.29 is 14.0 Å². The van der Waals surface area contributed by atoms with Crippen LogP contribution < -0.4 is 20.4 Å². The average Bonchev–Trinajstić information content (AvgIpc) is 3.04. The smallest absolute Gasteiger partial charge is 0.270 e. The van der Waals surface area contributed by atoms with Crippen molar-refractivity contribution in [2.45, 2.75) is 51.0 Å². The number of rotatable bonds is 6. The zero-order valence-corrected chi connectivity index (χ0v) is 25.1. The van der Waals surface area contributed by atoms with Gasteiger partial charge in [-0.25, -0.2) is 9.37 Å². The van der Waals surface area contributed by atoms with E-state index in [2.05, 4.69) is 76.4 Å². The lowest BCUT2D eigenvalue weighted by Gasteiger charge is -2.43. The summed E-state index contributed by atoms with van der Waals surface area (Å²) in [5.41, 5.74) is 5.34. The number of aromatic nitrogens is 1. The van der Waals surface area contributed by atoms with Gasteiger partial charge in [-0.15, -0.1) is 0 Å². The van der Waals surface area contributed by atoms with Crippen molar-refractivity contribution in [3.05, 3.63) is 77.6 Å². The Hall–Kier alpha value is -4.49. The maximum atomic E-state index is 14.7. The number of piperidine rings is 1. The maximum Gasteiger partial charge on any atom is 0.270 e. The SMILES string of the molecule is C=CC(=O)N1CCN(c2cc(C(=O)N[C@H]3CNCC[C@H]3F)nc3c2CCN(c2cccc4cccc(C)c24)C3)C[C@@H]1CC#N. The molecule has 2 N–H and O–H groups in total. The number of aryl methyl sites for hydroxylation is 1. The number of carbonyl (C=O) groups excluding carboxylic acids is 2. The third-order valence-corrected chi connectivity index (χ3v) is 9.15. The van der Waals surface area contributed by atoms with Gasteiger partial charge in [0.25, 0.3) is 5.91 Å². The molecule has 2 aromatic carbocycles. The third-order valence-electron chi connectivity index (χ3n) is 9.15. The lowest BCUT2D eigenvalue weighted by Crippen LogP contribution is -2.55. The van der Waals surface area contributed by atoms with Gasteiger partial charge in [-0.1, -0.05) is 36.9 Å². The summed E-state index contributed by atoms with van der Waals surface area (Å²) in [4.78, 5) is 37.2. The molecule has 2 fully saturated rings. The van der Waals surface area contributed by atoms with E-state index in [1.807, 2.05) is 6.07 Å². The topological polar surface area (TPSA) is 105 Å². The number of anilines is 2. The second-order valence-corrected chi connectivity index (χ2v) is 11.9. The predicted octanol–water partition coefficient (Wildman–Crippen LogP) is 3.65. The first-order chi connectivity index (χ1) is 21.4. The van der Waals surface area contributed by atoms with Crippen molar-refractivity contribution in [2.75, 3.05) is 49.1 Å². The van der Waals surface area contributed by atoms with E-state index in [1.165, 1.54) is 22.4 Å². The first-order valence-corrected chi connectivity index (χ1v) is 15.3. The van der Waals surface area contributed by atoms with Crippen molar-refractivity contribution in [3.8, 4) is 6.07 Å². The molecule has 6 rings (SSSR count).